The Hall–Kier alpha value is -0.120. The van der Waals surface area contributed by atoms with Crippen LogP contribution in [-0.2, 0) is 0 Å². The normalized spacial score (nSPS) is 41.8. The fraction of sp³-hybridized carbons (Fsp3) is 1.00. The first kappa shape index (κ1) is 10.1. The minimum atomic E-state index is 0.737. The van der Waals surface area contributed by atoms with E-state index in [2.05, 4.69) is 22.2 Å². The smallest absolute Gasteiger partial charge is 0.0377 e. The fourth-order valence-corrected chi connectivity index (χ4v) is 3.22. The maximum atomic E-state index is 3.56. The summed E-state index contributed by atoms with van der Waals surface area (Å²) >= 11 is 0. The van der Waals surface area contributed by atoms with Gasteiger partial charge in [0.15, 0.2) is 0 Å². The lowest BCUT2D eigenvalue weighted by molar-refractivity contribution is -0.00412. The van der Waals surface area contributed by atoms with Crippen LogP contribution >= 0.6 is 0 Å². The molecule has 3 heterocycles. The number of hydrogen-bond acceptors (Lipinski definition) is 3. The Balaban J connectivity index is 1.63. The quantitative estimate of drug-likeness (QED) is 0.722. The van der Waals surface area contributed by atoms with Gasteiger partial charge in [-0.1, -0.05) is 12.8 Å². The highest BCUT2D eigenvalue weighted by atomic mass is 15.4. The molecule has 3 aliphatic heterocycles. The Labute approximate surface area is 92.8 Å². The lowest BCUT2D eigenvalue weighted by Gasteiger charge is -2.50. The second-order valence-electron chi connectivity index (χ2n) is 5.48. The number of piperazine rings is 3. The highest BCUT2D eigenvalue weighted by molar-refractivity contribution is 4.96. The fourth-order valence-electron chi connectivity index (χ4n) is 3.22. The standard InChI is InChI=1S/C12H23N3/c1-13-11(8-10-2-3-10)12-9-14-4-6-15(12)7-5-14/h10-13H,2-9H2,1H3. The molecule has 0 amide bonds. The van der Waals surface area contributed by atoms with E-state index in [1.807, 2.05) is 0 Å². The molecule has 3 heteroatoms. The van der Waals surface area contributed by atoms with Crippen LogP contribution in [0, 0.1) is 5.92 Å². The molecule has 3 nitrogen and oxygen atoms in total. The second kappa shape index (κ2) is 4.04. The maximum absolute atomic E-state index is 3.56. The molecular weight excluding hydrogens is 186 g/mol. The number of rotatable bonds is 4. The predicted octanol–water partition coefficient (Wildman–Crippen LogP) is 0.374. The van der Waals surface area contributed by atoms with Crippen molar-refractivity contribution in [3.8, 4) is 0 Å². The third kappa shape index (κ3) is 2.05. The van der Waals surface area contributed by atoms with Crippen molar-refractivity contribution in [2.24, 2.45) is 5.92 Å². The molecule has 0 aromatic carbocycles. The molecular formula is C12H23N3. The Morgan fingerprint density at radius 3 is 2.40 bits per heavy atom. The highest BCUT2D eigenvalue weighted by Gasteiger charge is 2.38. The van der Waals surface area contributed by atoms with Crippen LogP contribution in [0.2, 0.25) is 0 Å². The molecule has 1 N–H and O–H groups in total. The van der Waals surface area contributed by atoms with Crippen LogP contribution in [0.15, 0.2) is 0 Å². The van der Waals surface area contributed by atoms with Crippen LogP contribution in [0.1, 0.15) is 19.3 Å². The molecule has 4 fully saturated rings. The molecule has 1 aliphatic carbocycles. The van der Waals surface area contributed by atoms with Crippen molar-refractivity contribution >= 4 is 0 Å². The highest BCUT2D eigenvalue weighted by Crippen LogP contribution is 2.35. The van der Waals surface area contributed by atoms with Crippen LogP contribution in [0.25, 0.3) is 0 Å². The van der Waals surface area contributed by atoms with Gasteiger partial charge in [-0.05, 0) is 19.4 Å². The van der Waals surface area contributed by atoms with Crippen LogP contribution in [0.4, 0.5) is 0 Å². The van der Waals surface area contributed by atoms with Crippen molar-refractivity contribution in [2.45, 2.75) is 31.3 Å². The first-order chi connectivity index (χ1) is 7.36. The van der Waals surface area contributed by atoms with E-state index >= 15 is 0 Å². The lowest BCUT2D eigenvalue weighted by atomic mass is 9.96. The topological polar surface area (TPSA) is 18.5 Å². The average molecular weight is 209 g/mol. The Morgan fingerprint density at radius 2 is 1.93 bits per heavy atom. The summed E-state index contributed by atoms with van der Waals surface area (Å²) in [4.78, 5) is 5.35. The first-order valence-corrected chi connectivity index (χ1v) is 6.50. The van der Waals surface area contributed by atoms with E-state index in [0.29, 0.717) is 0 Å². The van der Waals surface area contributed by atoms with E-state index < -0.39 is 0 Å². The molecule has 15 heavy (non-hydrogen) atoms. The van der Waals surface area contributed by atoms with Crippen molar-refractivity contribution in [1.82, 2.24) is 15.1 Å². The van der Waals surface area contributed by atoms with Crippen LogP contribution in [0.3, 0.4) is 0 Å². The van der Waals surface area contributed by atoms with Gasteiger partial charge in [0.25, 0.3) is 0 Å². The third-order valence-electron chi connectivity index (χ3n) is 4.44. The first-order valence-electron chi connectivity index (χ1n) is 6.50. The molecule has 4 rings (SSSR count). The largest absolute Gasteiger partial charge is 0.315 e. The molecule has 2 unspecified atom stereocenters. The molecule has 86 valence electrons. The summed E-state index contributed by atoms with van der Waals surface area (Å²) in [6.07, 6.45) is 4.37. The molecule has 2 atom stereocenters. The summed E-state index contributed by atoms with van der Waals surface area (Å²) in [6.45, 7) is 6.51. The van der Waals surface area contributed by atoms with E-state index in [1.54, 1.807) is 0 Å². The zero-order valence-corrected chi connectivity index (χ0v) is 9.78. The Morgan fingerprint density at radius 1 is 1.20 bits per heavy atom. The van der Waals surface area contributed by atoms with Crippen LogP contribution < -0.4 is 5.32 Å². The predicted molar refractivity (Wildman–Crippen MR) is 62.0 cm³/mol. The second-order valence-corrected chi connectivity index (χ2v) is 5.48. The third-order valence-corrected chi connectivity index (χ3v) is 4.44. The van der Waals surface area contributed by atoms with Crippen LogP contribution in [-0.4, -0.2) is 61.7 Å². The minimum absolute atomic E-state index is 0.737. The molecule has 1 saturated carbocycles. The van der Waals surface area contributed by atoms with Gasteiger partial charge in [0, 0.05) is 44.8 Å². The van der Waals surface area contributed by atoms with E-state index in [9.17, 15) is 0 Å². The van der Waals surface area contributed by atoms with Gasteiger partial charge in [0.05, 0.1) is 0 Å². The van der Waals surface area contributed by atoms with Crippen molar-refractivity contribution in [1.29, 1.82) is 0 Å². The van der Waals surface area contributed by atoms with Crippen molar-refractivity contribution in [2.75, 3.05) is 39.8 Å². The maximum Gasteiger partial charge on any atom is 0.0377 e. The summed E-state index contributed by atoms with van der Waals surface area (Å²) in [5, 5.41) is 3.56. The lowest BCUT2D eigenvalue weighted by Crippen LogP contribution is -2.66. The summed E-state index contributed by atoms with van der Waals surface area (Å²) in [6, 6.07) is 1.53. The summed E-state index contributed by atoms with van der Waals surface area (Å²) < 4.78 is 0. The SMILES string of the molecule is CNC(CC1CC1)C1CN2CCN1CC2. The molecule has 0 spiro atoms. The molecule has 4 aliphatic rings. The minimum Gasteiger partial charge on any atom is -0.315 e. The van der Waals surface area contributed by atoms with Gasteiger partial charge in [-0.2, -0.15) is 0 Å². The van der Waals surface area contributed by atoms with E-state index in [4.69, 9.17) is 0 Å². The summed E-state index contributed by atoms with van der Waals surface area (Å²) in [7, 11) is 2.14. The number of nitrogens with one attached hydrogen (secondary N) is 1. The number of fused-ring (bicyclic) bond motifs is 3. The van der Waals surface area contributed by atoms with Gasteiger partial charge in [0.1, 0.15) is 0 Å². The van der Waals surface area contributed by atoms with Crippen molar-refractivity contribution in [3.05, 3.63) is 0 Å². The van der Waals surface area contributed by atoms with E-state index in [-0.39, 0.29) is 0 Å². The van der Waals surface area contributed by atoms with Gasteiger partial charge in [0.2, 0.25) is 0 Å². The zero-order chi connectivity index (χ0) is 10.3. The Kier molecular flexibility index (Phi) is 2.71. The summed E-state index contributed by atoms with van der Waals surface area (Å²) in [5.41, 5.74) is 0. The zero-order valence-electron chi connectivity index (χ0n) is 9.78. The molecule has 0 aromatic rings. The molecule has 3 saturated heterocycles. The summed E-state index contributed by atoms with van der Waals surface area (Å²) in [5.74, 6) is 1.04. The number of likely N-dealkylation sites (N-methyl/N-ethyl adjacent to an activating group) is 1. The van der Waals surface area contributed by atoms with Gasteiger partial charge >= 0.3 is 0 Å². The van der Waals surface area contributed by atoms with Crippen molar-refractivity contribution < 1.29 is 0 Å². The van der Waals surface area contributed by atoms with Gasteiger partial charge in [-0.3, -0.25) is 9.80 Å². The molecule has 0 radical (unpaired) electrons. The van der Waals surface area contributed by atoms with Crippen molar-refractivity contribution in [3.63, 3.8) is 0 Å². The van der Waals surface area contributed by atoms with E-state index in [1.165, 1.54) is 52.0 Å². The molecule has 0 aromatic heterocycles. The van der Waals surface area contributed by atoms with Gasteiger partial charge in [-0.15, -0.1) is 0 Å². The van der Waals surface area contributed by atoms with Gasteiger partial charge in [-0.25, -0.2) is 0 Å². The number of hydrogen-bond donors (Lipinski definition) is 1. The average Bonchev–Trinajstić information content (AvgIpc) is 3.11. The van der Waals surface area contributed by atoms with Gasteiger partial charge < -0.3 is 5.32 Å². The van der Waals surface area contributed by atoms with E-state index in [0.717, 1.165) is 18.0 Å². The monoisotopic (exact) mass is 209 g/mol. The molecule has 2 bridgehead atoms. The van der Waals surface area contributed by atoms with Crippen LogP contribution in [0.5, 0.6) is 0 Å². The number of nitrogens with zero attached hydrogens (tertiary/aromatic N) is 2. The Bertz CT molecular complexity index is 219.